The summed E-state index contributed by atoms with van der Waals surface area (Å²) >= 11 is 0. The van der Waals surface area contributed by atoms with E-state index in [1.165, 1.54) is 0 Å². The van der Waals surface area contributed by atoms with Gasteiger partial charge in [0.25, 0.3) is 0 Å². The smallest absolute Gasteiger partial charge is 0.135 e. The lowest BCUT2D eigenvalue weighted by atomic mass is 10.4. The monoisotopic (exact) mass is 295 g/mol. The lowest BCUT2D eigenvalue weighted by Gasteiger charge is -1.68. The van der Waals surface area contributed by atoms with E-state index < -0.39 is 0 Å². The van der Waals surface area contributed by atoms with Crippen LogP contribution in [0.2, 0.25) is 0 Å². The fourth-order valence-electron chi connectivity index (χ4n) is 0.629. The van der Waals surface area contributed by atoms with Crippen LogP contribution in [0.25, 0.3) is 0 Å². The van der Waals surface area contributed by atoms with Crippen molar-refractivity contribution < 1.29 is 4.74 Å². The van der Waals surface area contributed by atoms with Gasteiger partial charge in [0, 0.05) is 71.0 Å². The first kappa shape index (κ1) is 19.0. The number of ether oxygens (including phenoxy) is 1. The highest BCUT2D eigenvalue weighted by molar-refractivity contribution is 5.47. The third-order valence-corrected chi connectivity index (χ3v) is 1.32. The Hall–Kier alpha value is -5.04. The van der Waals surface area contributed by atoms with Crippen molar-refractivity contribution in [1.29, 1.82) is 0 Å². The SMILES string of the molecule is C#CC#CC#CC#CC#CC#CC#CC#CC#CC#CC#CO[CH2]. The van der Waals surface area contributed by atoms with Crippen LogP contribution < -0.4 is 0 Å². The molecule has 0 aromatic carbocycles. The first-order valence-electron chi connectivity index (χ1n) is 5.78. The molecule has 0 rings (SSSR count). The minimum absolute atomic E-state index is 2.12. The summed E-state index contributed by atoms with van der Waals surface area (Å²) in [4.78, 5) is 0. The van der Waals surface area contributed by atoms with E-state index in [2.05, 4.69) is 136 Å². The van der Waals surface area contributed by atoms with Crippen molar-refractivity contribution in [1.82, 2.24) is 0 Å². The number of terminal acetylenes is 1. The van der Waals surface area contributed by atoms with Gasteiger partial charge in [-0.3, -0.25) is 0 Å². The largest absolute Gasteiger partial charge is 0.442 e. The van der Waals surface area contributed by atoms with Gasteiger partial charge in [0.1, 0.15) is 13.2 Å². The Labute approximate surface area is 143 Å². The Bertz CT molecular complexity index is 1130. The predicted molar refractivity (Wildman–Crippen MR) is 93.0 cm³/mol. The molecule has 0 aliphatic carbocycles. The van der Waals surface area contributed by atoms with Gasteiger partial charge >= 0.3 is 0 Å². The van der Waals surface area contributed by atoms with Crippen LogP contribution in [0.1, 0.15) is 0 Å². The molecule has 1 nitrogen and oxygen atoms in total. The number of rotatable bonds is 0. The molecular formula is C23H3O. The van der Waals surface area contributed by atoms with Crippen LogP contribution in [0, 0.1) is 138 Å². The van der Waals surface area contributed by atoms with Gasteiger partial charge in [0.2, 0.25) is 0 Å². The first-order valence-corrected chi connectivity index (χ1v) is 5.78. The predicted octanol–water partition coefficient (Wildman–Crippen LogP) is 0.419. The molecule has 0 aliphatic rings. The fraction of sp³-hybridized carbons (Fsp3) is 0. The Morgan fingerprint density at radius 1 is 0.417 bits per heavy atom. The topological polar surface area (TPSA) is 9.23 Å². The molecule has 0 saturated heterocycles. The van der Waals surface area contributed by atoms with Gasteiger partial charge in [-0.2, -0.15) is 0 Å². The zero-order valence-electron chi connectivity index (χ0n) is 12.2. The van der Waals surface area contributed by atoms with Gasteiger partial charge in [-0.05, 0) is 47.4 Å². The van der Waals surface area contributed by atoms with E-state index >= 15 is 0 Å². The molecule has 0 unspecified atom stereocenters. The third-order valence-electron chi connectivity index (χ3n) is 1.32. The van der Waals surface area contributed by atoms with Crippen molar-refractivity contribution >= 4 is 0 Å². The van der Waals surface area contributed by atoms with Gasteiger partial charge in [-0.1, -0.05) is 0 Å². The van der Waals surface area contributed by atoms with E-state index in [4.69, 9.17) is 6.42 Å². The van der Waals surface area contributed by atoms with Crippen molar-refractivity contribution in [3.63, 3.8) is 0 Å². The molecule has 1 radical (unpaired) electrons. The molecule has 0 bridgehead atoms. The lowest BCUT2D eigenvalue weighted by Crippen LogP contribution is -1.58. The molecule has 0 aromatic heterocycles. The Kier molecular flexibility index (Phi) is 14.2. The molecular weight excluding hydrogens is 292 g/mol. The normalized spacial score (nSPS) is 4.00. The summed E-state index contributed by atoms with van der Waals surface area (Å²) in [6.45, 7) is 0. The molecule has 0 spiro atoms. The zero-order valence-corrected chi connectivity index (χ0v) is 12.2. The highest BCUT2D eigenvalue weighted by atomic mass is 16.5. The Balaban J connectivity index is 4.37. The van der Waals surface area contributed by atoms with Crippen LogP contribution in [-0.4, -0.2) is 0 Å². The zero-order chi connectivity index (χ0) is 17.6. The van der Waals surface area contributed by atoms with E-state index in [0.29, 0.717) is 0 Å². The van der Waals surface area contributed by atoms with E-state index in [1.807, 2.05) is 0 Å². The van der Waals surface area contributed by atoms with Crippen LogP contribution in [0.4, 0.5) is 0 Å². The summed E-state index contributed by atoms with van der Waals surface area (Å²) in [6, 6.07) is 0. The van der Waals surface area contributed by atoms with Gasteiger partial charge in [0.05, 0.1) is 0 Å². The van der Waals surface area contributed by atoms with E-state index in [1.54, 1.807) is 0 Å². The maximum Gasteiger partial charge on any atom is 0.135 e. The van der Waals surface area contributed by atoms with Crippen LogP contribution in [0.5, 0.6) is 0 Å². The van der Waals surface area contributed by atoms with Crippen LogP contribution >= 0.6 is 0 Å². The molecule has 0 aromatic rings. The van der Waals surface area contributed by atoms with Crippen LogP contribution in [-0.2, 0) is 4.74 Å². The number of hydrogen-bond donors (Lipinski definition) is 0. The average molecular weight is 295 g/mol. The molecule has 101 valence electrons. The summed E-state index contributed by atoms with van der Waals surface area (Å²) in [6.07, 6.45) is 7.09. The quantitative estimate of drug-likeness (QED) is 0.589. The van der Waals surface area contributed by atoms with Crippen molar-refractivity contribution in [2.45, 2.75) is 0 Å². The fourth-order valence-corrected chi connectivity index (χ4v) is 0.629. The maximum absolute atomic E-state index is 4.90. The highest BCUT2D eigenvalue weighted by Gasteiger charge is 1.59. The van der Waals surface area contributed by atoms with E-state index in [0.717, 1.165) is 0 Å². The second-order valence-electron chi connectivity index (χ2n) is 2.77. The minimum Gasteiger partial charge on any atom is -0.442 e. The third kappa shape index (κ3) is 17.0. The second-order valence-corrected chi connectivity index (χ2v) is 2.77. The van der Waals surface area contributed by atoms with Crippen molar-refractivity contribution in [3.05, 3.63) is 7.11 Å². The molecule has 0 amide bonds. The molecule has 1 heteroatoms. The Morgan fingerprint density at radius 3 is 0.917 bits per heavy atom. The van der Waals surface area contributed by atoms with Crippen LogP contribution in [0.3, 0.4) is 0 Å². The first-order chi connectivity index (χ1) is 11.9. The molecule has 0 saturated carbocycles. The summed E-state index contributed by atoms with van der Waals surface area (Å²) in [5.74, 6) is 48.6. The maximum atomic E-state index is 4.90. The second kappa shape index (κ2) is 18.0. The number of hydrogen-bond acceptors (Lipinski definition) is 1. The summed E-state index contributed by atoms with van der Waals surface area (Å²) in [5.41, 5.74) is 0. The lowest BCUT2D eigenvalue weighted by molar-refractivity contribution is 0.431. The molecule has 24 heavy (non-hydrogen) atoms. The summed E-state index contributed by atoms with van der Waals surface area (Å²) < 4.78 is 4.22. The van der Waals surface area contributed by atoms with Gasteiger partial charge in [-0.25, -0.2) is 0 Å². The summed E-state index contributed by atoms with van der Waals surface area (Å²) in [5, 5.41) is 0. The molecule has 0 atom stereocenters. The average Bonchev–Trinajstić information content (AvgIpc) is 2.60. The molecule has 0 N–H and O–H groups in total. The van der Waals surface area contributed by atoms with Crippen molar-refractivity contribution in [3.8, 4) is 131 Å². The van der Waals surface area contributed by atoms with Crippen LogP contribution in [0.15, 0.2) is 0 Å². The molecule has 0 aliphatic heterocycles. The van der Waals surface area contributed by atoms with Gasteiger partial charge < -0.3 is 4.74 Å². The van der Waals surface area contributed by atoms with Gasteiger partial charge in [-0.15, -0.1) is 6.42 Å². The molecule has 0 fully saturated rings. The Morgan fingerprint density at radius 2 is 0.667 bits per heavy atom. The van der Waals surface area contributed by atoms with Crippen molar-refractivity contribution in [2.75, 3.05) is 0 Å². The highest BCUT2D eigenvalue weighted by Crippen LogP contribution is 1.60. The minimum atomic E-state index is 2.12. The van der Waals surface area contributed by atoms with Gasteiger partial charge in [0.15, 0.2) is 0 Å². The van der Waals surface area contributed by atoms with E-state index in [9.17, 15) is 0 Å². The molecule has 0 heterocycles. The summed E-state index contributed by atoms with van der Waals surface area (Å²) in [7, 11) is 3.05. The standard InChI is InChI=1S/C23H3O/c1-3-4-5-6-7-8-9-10-11-12-13-14-15-16-17-18-19-20-21-22-23-24-2/h1H,2H2. The van der Waals surface area contributed by atoms with E-state index in [-0.39, 0.29) is 0 Å². The van der Waals surface area contributed by atoms with Crippen molar-refractivity contribution in [2.24, 2.45) is 0 Å².